The van der Waals surface area contributed by atoms with E-state index in [1.165, 1.54) is 23.6 Å². The number of amides is 2. The molecule has 4 rings (SSSR count). The van der Waals surface area contributed by atoms with Crippen LogP contribution in [0.3, 0.4) is 0 Å². The number of hydrogen-bond acceptors (Lipinski definition) is 7. The van der Waals surface area contributed by atoms with Gasteiger partial charge in [0.15, 0.2) is 0 Å². The van der Waals surface area contributed by atoms with E-state index in [2.05, 4.69) is 0 Å². The number of fused-ring (bicyclic) bond motifs is 1. The van der Waals surface area contributed by atoms with Gasteiger partial charge in [-0.15, -0.1) is 11.3 Å². The number of aliphatic hydroxyl groups excluding tert-OH is 1. The fraction of sp³-hybridized carbons (Fsp3) is 0.240. The third-order valence-electron chi connectivity index (χ3n) is 5.52. The Bertz CT molecular complexity index is 1340. The van der Waals surface area contributed by atoms with Crippen LogP contribution in [0, 0.1) is 11.6 Å². The minimum atomic E-state index is -1.32. The molecule has 11 heteroatoms. The first-order valence-electron chi connectivity index (χ1n) is 10.9. The van der Waals surface area contributed by atoms with Crippen molar-refractivity contribution < 1.29 is 42.9 Å². The molecule has 1 aliphatic heterocycles. The number of carbonyl (C=O) groups excluding carboxylic acids is 2. The number of hydrogen-bond donors (Lipinski definition) is 2. The largest absolute Gasteiger partial charge is 0.493 e. The number of nitrogens with zero attached hydrogens (tertiary/aromatic N) is 1. The zero-order valence-corrected chi connectivity index (χ0v) is 19.8. The molecule has 0 spiro atoms. The van der Waals surface area contributed by atoms with Crippen molar-refractivity contribution in [3.05, 3.63) is 75.0 Å². The number of carbonyl (C=O) groups is 3. The Morgan fingerprint density at radius 3 is 2.69 bits per heavy atom. The molecule has 1 unspecified atom stereocenters. The Morgan fingerprint density at radius 1 is 1.19 bits per heavy atom. The smallest absolute Gasteiger partial charge is 0.346 e. The van der Waals surface area contributed by atoms with Gasteiger partial charge >= 0.3 is 5.97 Å². The Hall–Kier alpha value is -3.83. The van der Waals surface area contributed by atoms with Gasteiger partial charge in [0.1, 0.15) is 34.1 Å². The highest BCUT2D eigenvalue weighted by molar-refractivity contribution is 7.12. The number of ether oxygens (including phenoxy) is 2. The predicted octanol–water partition coefficient (Wildman–Crippen LogP) is 4.36. The van der Waals surface area contributed by atoms with Crippen LogP contribution in [0.2, 0.25) is 0 Å². The standard InChI is InChI=1S/C25H21F2NO7S/c1-13(21-17(27)4-2-5-19(21)34-9-3-8-29)35-15-6-7-16(26)18(11-15)28-20(30)10-14-12-36-23(25(32)33)22(14)24(28)31/h2,4-7,11-13,29H,3,8-10H2,1H3,(H,32,33). The van der Waals surface area contributed by atoms with E-state index in [9.17, 15) is 28.3 Å². The normalized spacial score (nSPS) is 13.9. The van der Waals surface area contributed by atoms with Crippen LogP contribution in [-0.2, 0) is 11.2 Å². The maximum absolute atomic E-state index is 14.8. The van der Waals surface area contributed by atoms with Crippen molar-refractivity contribution in [3.8, 4) is 11.5 Å². The summed E-state index contributed by atoms with van der Waals surface area (Å²) >= 11 is 0.820. The summed E-state index contributed by atoms with van der Waals surface area (Å²) in [4.78, 5) is 37.7. The second kappa shape index (κ2) is 10.4. The third kappa shape index (κ3) is 4.79. The van der Waals surface area contributed by atoms with Gasteiger partial charge in [-0.05, 0) is 42.1 Å². The Balaban J connectivity index is 1.64. The highest BCUT2D eigenvalue weighted by atomic mass is 32.1. The summed E-state index contributed by atoms with van der Waals surface area (Å²) < 4.78 is 40.8. The zero-order chi connectivity index (χ0) is 26.0. The minimum absolute atomic E-state index is 0.0404. The summed E-state index contributed by atoms with van der Waals surface area (Å²) in [5.41, 5.74) is -0.183. The molecule has 188 valence electrons. The van der Waals surface area contributed by atoms with Gasteiger partial charge in [-0.2, -0.15) is 0 Å². The first-order valence-corrected chi connectivity index (χ1v) is 11.8. The first-order chi connectivity index (χ1) is 17.2. The van der Waals surface area contributed by atoms with E-state index in [0.29, 0.717) is 11.3 Å². The fourth-order valence-corrected chi connectivity index (χ4v) is 4.81. The molecule has 3 aromatic rings. The molecule has 1 aromatic heterocycles. The lowest BCUT2D eigenvalue weighted by atomic mass is 10.0. The van der Waals surface area contributed by atoms with Crippen LogP contribution in [0.1, 0.15) is 50.6 Å². The van der Waals surface area contributed by atoms with E-state index in [1.54, 1.807) is 13.0 Å². The van der Waals surface area contributed by atoms with Gasteiger partial charge in [0, 0.05) is 19.1 Å². The molecule has 0 saturated heterocycles. The topological polar surface area (TPSA) is 113 Å². The van der Waals surface area contributed by atoms with Crippen molar-refractivity contribution in [2.45, 2.75) is 25.9 Å². The van der Waals surface area contributed by atoms with Crippen LogP contribution in [0.4, 0.5) is 14.5 Å². The summed E-state index contributed by atoms with van der Waals surface area (Å²) in [5, 5.41) is 19.8. The number of rotatable bonds is 9. The second-order valence-electron chi connectivity index (χ2n) is 7.93. The lowest BCUT2D eigenvalue weighted by molar-refractivity contribution is -0.117. The van der Waals surface area contributed by atoms with Crippen LogP contribution in [0.15, 0.2) is 41.8 Å². The highest BCUT2D eigenvalue weighted by Gasteiger charge is 2.38. The number of benzene rings is 2. The molecule has 2 N–H and O–H groups in total. The zero-order valence-electron chi connectivity index (χ0n) is 19.0. The highest BCUT2D eigenvalue weighted by Crippen LogP contribution is 2.36. The van der Waals surface area contributed by atoms with E-state index in [0.717, 1.165) is 23.5 Å². The molecule has 2 heterocycles. The molecule has 0 bridgehead atoms. The van der Waals surface area contributed by atoms with E-state index >= 15 is 0 Å². The average Bonchev–Trinajstić information content (AvgIpc) is 3.25. The molecule has 2 amide bonds. The van der Waals surface area contributed by atoms with E-state index in [-0.39, 0.29) is 52.7 Å². The average molecular weight is 518 g/mol. The van der Waals surface area contributed by atoms with Crippen molar-refractivity contribution in [1.29, 1.82) is 0 Å². The van der Waals surface area contributed by atoms with E-state index < -0.39 is 41.2 Å². The van der Waals surface area contributed by atoms with Crippen molar-refractivity contribution in [2.24, 2.45) is 0 Å². The molecular formula is C25H21F2NO7S. The van der Waals surface area contributed by atoms with Crippen LogP contribution in [0.25, 0.3) is 0 Å². The van der Waals surface area contributed by atoms with Crippen molar-refractivity contribution in [3.63, 3.8) is 0 Å². The maximum Gasteiger partial charge on any atom is 0.346 e. The SMILES string of the molecule is CC(Oc1ccc(F)c(N2C(=O)Cc3csc(C(=O)O)c3C2=O)c1)c1c(F)cccc1OCCCO. The predicted molar refractivity (Wildman–Crippen MR) is 126 cm³/mol. The minimum Gasteiger partial charge on any atom is -0.493 e. The van der Waals surface area contributed by atoms with Gasteiger partial charge < -0.3 is 19.7 Å². The molecule has 2 aromatic carbocycles. The Kier molecular flexibility index (Phi) is 7.32. The molecule has 0 aliphatic carbocycles. The molecule has 1 atom stereocenters. The first kappa shape index (κ1) is 25.3. The number of carboxylic acids is 1. The van der Waals surface area contributed by atoms with Crippen molar-refractivity contribution >= 4 is 34.8 Å². The number of thiophene rings is 1. The molecule has 8 nitrogen and oxygen atoms in total. The number of carboxylic acid groups (broad SMARTS) is 1. The monoisotopic (exact) mass is 517 g/mol. The van der Waals surface area contributed by atoms with Gasteiger partial charge in [-0.1, -0.05) is 6.07 Å². The summed E-state index contributed by atoms with van der Waals surface area (Å²) in [7, 11) is 0. The quantitative estimate of drug-likeness (QED) is 0.320. The molecule has 0 fully saturated rings. The molecule has 1 aliphatic rings. The van der Waals surface area contributed by atoms with Crippen LogP contribution < -0.4 is 14.4 Å². The number of halogens is 2. The molecule has 36 heavy (non-hydrogen) atoms. The van der Waals surface area contributed by atoms with E-state index in [1.807, 2.05) is 0 Å². The summed E-state index contributed by atoms with van der Waals surface area (Å²) in [6.45, 7) is 1.61. The van der Waals surface area contributed by atoms with Crippen molar-refractivity contribution in [2.75, 3.05) is 18.1 Å². The second-order valence-corrected chi connectivity index (χ2v) is 8.81. The molecule has 0 saturated carbocycles. The number of aliphatic hydroxyl groups is 1. The number of imide groups is 1. The third-order valence-corrected chi connectivity index (χ3v) is 6.54. The van der Waals surface area contributed by atoms with Gasteiger partial charge in [-0.25, -0.2) is 18.5 Å². The van der Waals surface area contributed by atoms with Gasteiger partial charge in [0.05, 0.1) is 29.8 Å². The van der Waals surface area contributed by atoms with Crippen molar-refractivity contribution in [1.82, 2.24) is 0 Å². The molecule has 0 radical (unpaired) electrons. The lowest BCUT2D eigenvalue weighted by Gasteiger charge is -2.26. The van der Waals surface area contributed by atoms with Gasteiger partial charge in [0.25, 0.3) is 5.91 Å². The summed E-state index contributed by atoms with van der Waals surface area (Å²) in [5.74, 6) is -4.23. The molecular weight excluding hydrogens is 496 g/mol. The van der Waals surface area contributed by atoms with Crippen LogP contribution >= 0.6 is 11.3 Å². The van der Waals surface area contributed by atoms with Gasteiger partial charge in [0.2, 0.25) is 5.91 Å². The number of anilines is 1. The maximum atomic E-state index is 14.8. The number of aromatic carboxylic acids is 1. The van der Waals surface area contributed by atoms with Crippen LogP contribution in [0.5, 0.6) is 11.5 Å². The van der Waals surface area contributed by atoms with E-state index in [4.69, 9.17) is 14.6 Å². The fourth-order valence-electron chi connectivity index (χ4n) is 3.91. The van der Waals surface area contributed by atoms with Gasteiger partial charge in [-0.3, -0.25) is 9.59 Å². The summed E-state index contributed by atoms with van der Waals surface area (Å²) in [6.07, 6.45) is -0.835. The lowest BCUT2D eigenvalue weighted by Crippen LogP contribution is -2.43. The Labute approximate surface area is 208 Å². The Morgan fingerprint density at radius 2 is 1.97 bits per heavy atom. The summed E-state index contributed by atoms with van der Waals surface area (Å²) in [6, 6.07) is 7.64. The van der Waals surface area contributed by atoms with Crippen LogP contribution in [-0.4, -0.2) is 41.2 Å².